The van der Waals surface area contributed by atoms with E-state index in [1.807, 2.05) is 7.05 Å². The molecule has 0 unspecified atom stereocenters. The molecule has 0 saturated heterocycles. The second kappa shape index (κ2) is 6.37. The lowest BCUT2D eigenvalue weighted by atomic mass is 9.97. The van der Waals surface area contributed by atoms with Crippen molar-refractivity contribution < 1.29 is 0 Å². The minimum Gasteiger partial charge on any atom is -0.265 e. The number of nitrogens with zero attached hydrogens (tertiary/aromatic N) is 3. The molecule has 1 aliphatic carbocycles. The van der Waals surface area contributed by atoms with E-state index >= 15 is 0 Å². The molecule has 0 atom stereocenters. The van der Waals surface area contributed by atoms with Crippen molar-refractivity contribution in [3.63, 3.8) is 0 Å². The maximum atomic E-state index is 12.1. The van der Waals surface area contributed by atoms with Gasteiger partial charge in [0.1, 0.15) is 0 Å². The zero-order valence-corrected chi connectivity index (χ0v) is 12.7. The van der Waals surface area contributed by atoms with Crippen LogP contribution >= 0.6 is 11.8 Å². The molecule has 19 heavy (non-hydrogen) atoms. The molecule has 0 amide bonds. The van der Waals surface area contributed by atoms with Gasteiger partial charge in [0.2, 0.25) is 0 Å². The number of thioether (sulfide) groups is 1. The van der Waals surface area contributed by atoms with Crippen molar-refractivity contribution in [2.24, 2.45) is 13.0 Å². The summed E-state index contributed by atoms with van der Waals surface area (Å²) >= 11 is 1.59. The molecular formula is C14H21N3OS. The third-order valence-electron chi connectivity index (χ3n) is 3.07. The average Bonchev–Trinajstić information content (AvgIpc) is 2.40. The van der Waals surface area contributed by atoms with Crippen LogP contribution in [0.3, 0.4) is 0 Å². The van der Waals surface area contributed by atoms with Gasteiger partial charge < -0.3 is 0 Å². The highest BCUT2D eigenvalue weighted by molar-refractivity contribution is 7.99. The number of hydrogen-bond acceptors (Lipinski definition) is 4. The Kier molecular flexibility index (Phi) is 4.80. The lowest BCUT2D eigenvalue weighted by Gasteiger charge is -2.13. The second-order valence-corrected chi connectivity index (χ2v) is 6.34. The van der Waals surface area contributed by atoms with Gasteiger partial charge >= 0.3 is 0 Å². The fraction of sp³-hybridized carbons (Fsp3) is 0.643. The van der Waals surface area contributed by atoms with Gasteiger partial charge in [-0.1, -0.05) is 31.7 Å². The molecule has 0 N–H and O–H groups in total. The van der Waals surface area contributed by atoms with E-state index in [1.54, 1.807) is 16.4 Å². The Morgan fingerprint density at radius 2 is 2.21 bits per heavy atom. The summed E-state index contributed by atoms with van der Waals surface area (Å²) in [4.78, 5) is 16.3. The Balaban J connectivity index is 2.26. The lowest BCUT2D eigenvalue weighted by Crippen LogP contribution is -2.22. The molecular weight excluding hydrogens is 258 g/mol. The number of hydrogen-bond donors (Lipinski definition) is 0. The van der Waals surface area contributed by atoms with E-state index in [9.17, 15) is 4.79 Å². The molecule has 0 bridgehead atoms. The first kappa shape index (κ1) is 14.3. The standard InChI is InChI=1S/C14H21N3OS/c1-10(2)9-19-14-15-13(18)12(16-17(14)3)11-7-5-4-6-8-11/h7,10H,4-6,8-9H2,1-3H3. The molecule has 0 fully saturated rings. The zero-order valence-electron chi connectivity index (χ0n) is 11.8. The number of allylic oxidation sites excluding steroid dienone is 2. The van der Waals surface area contributed by atoms with E-state index in [-0.39, 0.29) is 5.56 Å². The number of aryl methyl sites for hydroxylation is 1. The number of aromatic nitrogens is 3. The van der Waals surface area contributed by atoms with Crippen LogP contribution in [0.1, 0.15) is 45.2 Å². The molecule has 0 saturated carbocycles. The molecule has 2 rings (SSSR count). The average molecular weight is 279 g/mol. The Bertz CT molecular complexity index is 534. The summed E-state index contributed by atoms with van der Waals surface area (Å²) in [5.41, 5.74) is 1.42. The Hall–Kier alpha value is -1.10. The topological polar surface area (TPSA) is 47.8 Å². The quantitative estimate of drug-likeness (QED) is 0.795. The van der Waals surface area contributed by atoms with Gasteiger partial charge in [-0.05, 0) is 37.2 Å². The van der Waals surface area contributed by atoms with Gasteiger partial charge in [-0.15, -0.1) is 0 Å². The van der Waals surface area contributed by atoms with Crippen molar-refractivity contribution in [2.45, 2.75) is 44.7 Å². The van der Waals surface area contributed by atoms with Crippen molar-refractivity contribution in [3.8, 4) is 0 Å². The summed E-state index contributed by atoms with van der Waals surface area (Å²) in [5, 5.41) is 5.13. The molecule has 104 valence electrons. The smallest absolute Gasteiger partial charge is 0.265 e. The first-order valence-electron chi connectivity index (χ1n) is 6.85. The van der Waals surface area contributed by atoms with Crippen LogP contribution in [0.15, 0.2) is 16.0 Å². The Morgan fingerprint density at radius 1 is 1.42 bits per heavy atom. The fourth-order valence-electron chi connectivity index (χ4n) is 2.07. The maximum Gasteiger partial charge on any atom is 0.300 e. The molecule has 1 aromatic heterocycles. The normalized spacial score (nSPS) is 15.7. The largest absolute Gasteiger partial charge is 0.300 e. The van der Waals surface area contributed by atoms with Gasteiger partial charge in [0.05, 0.1) is 0 Å². The molecule has 1 aromatic rings. The van der Waals surface area contributed by atoms with Crippen LogP contribution in [0, 0.1) is 5.92 Å². The summed E-state index contributed by atoms with van der Waals surface area (Å²) in [6, 6.07) is 0. The molecule has 0 spiro atoms. The third-order valence-corrected chi connectivity index (χ3v) is 4.51. The summed E-state index contributed by atoms with van der Waals surface area (Å²) in [5.74, 6) is 1.52. The monoisotopic (exact) mass is 279 g/mol. The van der Waals surface area contributed by atoms with E-state index < -0.39 is 0 Å². The van der Waals surface area contributed by atoms with E-state index in [0.717, 1.165) is 30.6 Å². The molecule has 0 radical (unpaired) electrons. The lowest BCUT2D eigenvalue weighted by molar-refractivity contribution is 0.599. The van der Waals surface area contributed by atoms with Gasteiger partial charge in [0.25, 0.3) is 5.56 Å². The van der Waals surface area contributed by atoms with Gasteiger partial charge in [0, 0.05) is 12.8 Å². The molecule has 0 aliphatic heterocycles. The van der Waals surface area contributed by atoms with E-state index in [2.05, 4.69) is 30.0 Å². The molecule has 5 heteroatoms. The fourth-order valence-corrected chi connectivity index (χ4v) is 2.93. The minimum atomic E-state index is -0.183. The van der Waals surface area contributed by atoms with Crippen molar-refractivity contribution >= 4 is 17.3 Å². The van der Waals surface area contributed by atoms with Gasteiger partial charge in [-0.2, -0.15) is 10.1 Å². The Labute approximate surface area is 118 Å². The van der Waals surface area contributed by atoms with Crippen molar-refractivity contribution in [3.05, 3.63) is 22.1 Å². The molecule has 0 aromatic carbocycles. The predicted octanol–water partition coefficient (Wildman–Crippen LogP) is 2.88. The van der Waals surface area contributed by atoms with Crippen LogP contribution in [-0.4, -0.2) is 20.5 Å². The van der Waals surface area contributed by atoms with Gasteiger partial charge in [-0.25, -0.2) is 4.68 Å². The third kappa shape index (κ3) is 3.69. The van der Waals surface area contributed by atoms with E-state index in [4.69, 9.17) is 0 Å². The zero-order chi connectivity index (χ0) is 13.8. The number of rotatable bonds is 4. The summed E-state index contributed by atoms with van der Waals surface area (Å²) < 4.78 is 1.74. The van der Waals surface area contributed by atoms with Crippen molar-refractivity contribution in [1.29, 1.82) is 0 Å². The highest BCUT2D eigenvalue weighted by atomic mass is 32.2. The van der Waals surface area contributed by atoms with Crippen LogP contribution in [0.5, 0.6) is 0 Å². The highest BCUT2D eigenvalue weighted by Crippen LogP contribution is 2.24. The first-order valence-corrected chi connectivity index (χ1v) is 7.84. The Morgan fingerprint density at radius 3 is 2.84 bits per heavy atom. The van der Waals surface area contributed by atoms with Crippen molar-refractivity contribution in [2.75, 3.05) is 5.75 Å². The maximum absolute atomic E-state index is 12.1. The highest BCUT2D eigenvalue weighted by Gasteiger charge is 2.15. The summed E-state index contributed by atoms with van der Waals surface area (Å²) in [6.07, 6.45) is 6.47. The van der Waals surface area contributed by atoms with Crippen LogP contribution < -0.4 is 5.56 Å². The van der Waals surface area contributed by atoms with E-state index in [0.29, 0.717) is 16.8 Å². The van der Waals surface area contributed by atoms with Crippen LogP contribution in [-0.2, 0) is 7.05 Å². The van der Waals surface area contributed by atoms with Crippen LogP contribution in [0.25, 0.3) is 5.57 Å². The summed E-state index contributed by atoms with van der Waals surface area (Å²) in [7, 11) is 1.86. The first-order chi connectivity index (χ1) is 9.08. The van der Waals surface area contributed by atoms with E-state index in [1.165, 1.54) is 6.42 Å². The van der Waals surface area contributed by atoms with Crippen LogP contribution in [0.2, 0.25) is 0 Å². The predicted molar refractivity (Wildman–Crippen MR) is 79.3 cm³/mol. The van der Waals surface area contributed by atoms with Gasteiger partial charge in [0.15, 0.2) is 10.9 Å². The molecule has 1 aliphatic rings. The van der Waals surface area contributed by atoms with Crippen molar-refractivity contribution in [1.82, 2.24) is 14.8 Å². The molecule has 1 heterocycles. The SMILES string of the molecule is CC(C)CSc1nc(=O)c(C2=CCCCC2)nn1C. The molecule has 4 nitrogen and oxygen atoms in total. The van der Waals surface area contributed by atoms with Gasteiger partial charge in [-0.3, -0.25) is 4.79 Å². The van der Waals surface area contributed by atoms with Crippen LogP contribution in [0.4, 0.5) is 0 Å². The second-order valence-electron chi connectivity index (χ2n) is 5.35. The summed E-state index contributed by atoms with van der Waals surface area (Å²) in [6.45, 7) is 4.31. The minimum absolute atomic E-state index is 0.183.